The van der Waals surface area contributed by atoms with Gasteiger partial charge in [0.05, 0.1) is 24.3 Å². The Morgan fingerprint density at radius 3 is 2.18 bits per heavy atom. The average Bonchev–Trinajstić information content (AvgIpc) is 3.75. The number of carbonyl (C=O) groups is 1. The van der Waals surface area contributed by atoms with Crippen molar-refractivity contribution in [2.24, 2.45) is 0 Å². The van der Waals surface area contributed by atoms with Crippen LogP contribution in [0.3, 0.4) is 0 Å². The monoisotopic (exact) mass is 532 g/mol. The summed E-state index contributed by atoms with van der Waals surface area (Å²) in [6.45, 7) is 7.45. The molecule has 8 heteroatoms. The molecule has 7 nitrogen and oxygen atoms in total. The molecule has 0 radical (unpaired) electrons. The van der Waals surface area contributed by atoms with E-state index in [9.17, 15) is 9.18 Å². The van der Waals surface area contributed by atoms with E-state index in [0.717, 1.165) is 66.5 Å². The van der Waals surface area contributed by atoms with Gasteiger partial charge in [-0.15, -0.1) is 0 Å². The standard InChI is InChI=1S/C31H37FN4O3/c1-3-38-27-17-21(18-28(39-4-2)30(27)22-5-8-24(32)9-6-22)20-36-15-13-26(14-16-36)35-31(37)23-7-12-29(33-19-23)34-25-10-11-25/h5-9,12,17-19,25-26H,3-4,10-11,13-16,20H2,1-2H3,(H,33,34)(H,35,37). The summed E-state index contributed by atoms with van der Waals surface area (Å²) < 4.78 is 25.6. The van der Waals surface area contributed by atoms with Crippen LogP contribution < -0.4 is 20.1 Å². The molecule has 2 N–H and O–H groups in total. The van der Waals surface area contributed by atoms with Crippen LogP contribution in [0, 0.1) is 5.82 Å². The van der Waals surface area contributed by atoms with E-state index in [0.29, 0.717) is 24.8 Å². The summed E-state index contributed by atoms with van der Waals surface area (Å²) in [5.74, 6) is 1.95. The molecule has 0 bridgehead atoms. The van der Waals surface area contributed by atoms with E-state index < -0.39 is 0 Å². The van der Waals surface area contributed by atoms with Gasteiger partial charge in [-0.05, 0) is 87.1 Å². The van der Waals surface area contributed by atoms with E-state index in [-0.39, 0.29) is 17.8 Å². The highest BCUT2D eigenvalue weighted by Crippen LogP contribution is 2.40. The zero-order valence-electron chi connectivity index (χ0n) is 22.7. The number of pyridine rings is 1. The number of nitrogens with zero attached hydrogens (tertiary/aromatic N) is 2. The van der Waals surface area contributed by atoms with Gasteiger partial charge in [0.1, 0.15) is 23.1 Å². The summed E-state index contributed by atoms with van der Waals surface area (Å²) in [4.78, 5) is 19.5. The van der Waals surface area contributed by atoms with E-state index in [4.69, 9.17) is 9.47 Å². The van der Waals surface area contributed by atoms with Gasteiger partial charge in [-0.2, -0.15) is 0 Å². The Morgan fingerprint density at radius 2 is 1.62 bits per heavy atom. The first-order valence-corrected chi connectivity index (χ1v) is 14.0. The summed E-state index contributed by atoms with van der Waals surface area (Å²) >= 11 is 0. The molecule has 5 rings (SSSR count). The average molecular weight is 533 g/mol. The zero-order chi connectivity index (χ0) is 27.2. The summed E-state index contributed by atoms with van der Waals surface area (Å²) in [5, 5.41) is 6.53. The third-order valence-electron chi connectivity index (χ3n) is 7.14. The normalized spacial score (nSPS) is 16.1. The van der Waals surface area contributed by atoms with Crippen molar-refractivity contribution in [3.8, 4) is 22.6 Å². The Hall–Kier alpha value is -3.65. The van der Waals surface area contributed by atoms with Crippen molar-refractivity contribution in [2.75, 3.05) is 31.6 Å². The molecule has 1 saturated heterocycles. The third-order valence-corrected chi connectivity index (χ3v) is 7.14. The number of likely N-dealkylation sites (tertiary alicyclic amines) is 1. The molecule has 0 atom stereocenters. The number of nitrogens with one attached hydrogen (secondary N) is 2. The predicted octanol–water partition coefficient (Wildman–Crippen LogP) is 5.65. The zero-order valence-corrected chi connectivity index (χ0v) is 22.7. The lowest BCUT2D eigenvalue weighted by Crippen LogP contribution is -2.44. The Labute approximate surface area is 229 Å². The van der Waals surface area contributed by atoms with E-state index >= 15 is 0 Å². The smallest absolute Gasteiger partial charge is 0.253 e. The predicted molar refractivity (Wildman–Crippen MR) is 151 cm³/mol. The Balaban J connectivity index is 1.20. The van der Waals surface area contributed by atoms with Crippen molar-refractivity contribution in [3.63, 3.8) is 0 Å². The highest BCUT2D eigenvalue weighted by Gasteiger charge is 2.24. The molecule has 1 amide bonds. The number of hydrogen-bond acceptors (Lipinski definition) is 6. The maximum atomic E-state index is 13.6. The summed E-state index contributed by atoms with van der Waals surface area (Å²) in [6, 6.07) is 14.9. The van der Waals surface area contributed by atoms with Gasteiger partial charge >= 0.3 is 0 Å². The molecule has 1 saturated carbocycles. The molecule has 206 valence electrons. The number of rotatable bonds is 11. The Bertz CT molecular complexity index is 1230. The number of benzene rings is 2. The van der Waals surface area contributed by atoms with Crippen LogP contribution in [0.1, 0.15) is 55.5 Å². The minimum Gasteiger partial charge on any atom is -0.493 e. The van der Waals surface area contributed by atoms with E-state index in [1.54, 1.807) is 18.3 Å². The second-order valence-corrected chi connectivity index (χ2v) is 10.2. The quantitative estimate of drug-likeness (QED) is 0.332. The van der Waals surface area contributed by atoms with Gasteiger partial charge in [-0.1, -0.05) is 12.1 Å². The van der Waals surface area contributed by atoms with Gasteiger partial charge in [-0.25, -0.2) is 9.37 Å². The summed E-state index contributed by atoms with van der Waals surface area (Å²) in [7, 11) is 0. The van der Waals surface area contributed by atoms with Crippen LogP contribution in [0.5, 0.6) is 11.5 Å². The van der Waals surface area contributed by atoms with Crippen LogP contribution in [-0.2, 0) is 6.54 Å². The van der Waals surface area contributed by atoms with Crippen molar-refractivity contribution < 1.29 is 18.7 Å². The van der Waals surface area contributed by atoms with Crippen LogP contribution in [0.25, 0.3) is 11.1 Å². The first-order valence-electron chi connectivity index (χ1n) is 14.0. The summed E-state index contributed by atoms with van der Waals surface area (Å²) in [5.41, 5.74) is 3.39. The van der Waals surface area contributed by atoms with Crippen LogP contribution >= 0.6 is 0 Å². The lowest BCUT2D eigenvalue weighted by molar-refractivity contribution is 0.0908. The molecule has 2 aliphatic rings. The Kier molecular flexibility index (Phi) is 8.61. The van der Waals surface area contributed by atoms with Crippen molar-refractivity contribution in [1.29, 1.82) is 0 Å². The maximum Gasteiger partial charge on any atom is 0.253 e. The molecular weight excluding hydrogens is 495 g/mol. The Morgan fingerprint density at radius 1 is 0.949 bits per heavy atom. The van der Waals surface area contributed by atoms with Crippen LogP contribution in [0.15, 0.2) is 54.7 Å². The minimum absolute atomic E-state index is 0.0713. The SMILES string of the molecule is CCOc1cc(CN2CCC(NC(=O)c3ccc(NC4CC4)nc3)CC2)cc(OCC)c1-c1ccc(F)cc1. The number of carbonyl (C=O) groups excluding carboxylic acids is 1. The van der Waals surface area contributed by atoms with E-state index in [1.807, 2.05) is 26.0 Å². The molecule has 1 aliphatic carbocycles. The molecule has 0 unspecified atom stereocenters. The number of piperidine rings is 1. The van der Waals surface area contributed by atoms with Crippen molar-refractivity contribution >= 4 is 11.7 Å². The molecule has 2 fully saturated rings. The second-order valence-electron chi connectivity index (χ2n) is 10.2. The van der Waals surface area contributed by atoms with Gasteiger partial charge in [-0.3, -0.25) is 9.69 Å². The van der Waals surface area contributed by atoms with Gasteiger partial charge < -0.3 is 20.1 Å². The van der Waals surface area contributed by atoms with Crippen LogP contribution in [0.2, 0.25) is 0 Å². The fourth-order valence-corrected chi connectivity index (χ4v) is 4.99. The highest BCUT2D eigenvalue weighted by molar-refractivity contribution is 5.94. The lowest BCUT2D eigenvalue weighted by atomic mass is 9.99. The maximum absolute atomic E-state index is 13.6. The van der Waals surface area contributed by atoms with Crippen LogP contribution in [-0.4, -0.2) is 54.2 Å². The highest BCUT2D eigenvalue weighted by atomic mass is 19.1. The van der Waals surface area contributed by atoms with Gasteiger partial charge in [0.15, 0.2) is 0 Å². The van der Waals surface area contributed by atoms with Gasteiger partial charge in [0.2, 0.25) is 0 Å². The second kappa shape index (κ2) is 12.5. The molecule has 2 heterocycles. The molecule has 1 aliphatic heterocycles. The van der Waals surface area contributed by atoms with Crippen molar-refractivity contribution in [1.82, 2.24) is 15.2 Å². The largest absolute Gasteiger partial charge is 0.493 e. The number of halogens is 1. The third kappa shape index (κ3) is 7.06. The van der Waals surface area contributed by atoms with Gasteiger partial charge in [0, 0.05) is 37.9 Å². The molecule has 39 heavy (non-hydrogen) atoms. The molecule has 3 aromatic rings. The lowest BCUT2D eigenvalue weighted by Gasteiger charge is -2.32. The number of anilines is 1. The number of aromatic nitrogens is 1. The van der Waals surface area contributed by atoms with E-state index in [1.165, 1.54) is 25.0 Å². The van der Waals surface area contributed by atoms with Gasteiger partial charge in [0.25, 0.3) is 5.91 Å². The molecule has 2 aromatic carbocycles. The molecular formula is C31H37FN4O3. The fourth-order valence-electron chi connectivity index (χ4n) is 4.99. The topological polar surface area (TPSA) is 75.7 Å². The number of amides is 1. The number of ether oxygens (including phenoxy) is 2. The van der Waals surface area contributed by atoms with Crippen molar-refractivity contribution in [2.45, 2.75) is 58.2 Å². The number of hydrogen-bond donors (Lipinski definition) is 2. The van der Waals surface area contributed by atoms with E-state index in [2.05, 4.69) is 32.7 Å². The van der Waals surface area contributed by atoms with Crippen molar-refractivity contribution in [3.05, 3.63) is 71.7 Å². The first kappa shape index (κ1) is 26.9. The molecule has 1 aromatic heterocycles. The first-order chi connectivity index (χ1) is 19.0. The fraction of sp³-hybridized carbons (Fsp3) is 0.419. The molecule has 0 spiro atoms. The summed E-state index contributed by atoms with van der Waals surface area (Å²) in [6.07, 6.45) is 5.78. The minimum atomic E-state index is -0.276. The van der Waals surface area contributed by atoms with Crippen LogP contribution in [0.4, 0.5) is 10.2 Å².